The number of nitrogens with zero attached hydrogens (tertiary/aromatic N) is 3. The van der Waals surface area contributed by atoms with Gasteiger partial charge in [-0.3, -0.25) is 9.89 Å². The first-order valence-corrected chi connectivity index (χ1v) is 10.9. The molecule has 2 fully saturated rings. The number of benzene rings is 2. The van der Waals surface area contributed by atoms with E-state index in [1.807, 2.05) is 6.21 Å². The van der Waals surface area contributed by atoms with Crippen molar-refractivity contribution in [2.75, 3.05) is 51.9 Å². The molecule has 0 amide bonds. The van der Waals surface area contributed by atoms with Crippen molar-refractivity contribution in [2.45, 2.75) is 32.4 Å². The van der Waals surface area contributed by atoms with Crippen LogP contribution in [0.4, 0.5) is 11.4 Å². The second-order valence-corrected chi connectivity index (χ2v) is 9.17. The number of hydrogen-bond acceptors (Lipinski definition) is 6. The van der Waals surface area contributed by atoms with Gasteiger partial charge in [-0.15, -0.1) is 0 Å². The third-order valence-corrected chi connectivity index (χ3v) is 7.06. The van der Waals surface area contributed by atoms with Crippen molar-refractivity contribution >= 4 is 28.4 Å². The minimum absolute atomic E-state index is 0.0724. The summed E-state index contributed by atoms with van der Waals surface area (Å²) in [5.41, 5.74) is 1.28. The van der Waals surface area contributed by atoms with Crippen LogP contribution in [-0.2, 0) is 4.74 Å². The highest BCUT2D eigenvalue weighted by Gasteiger charge is 2.54. The minimum atomic E-state index is -0.587. The SMILES string of the molecule is COc1c2c(c3ccccc3c1N1CCOCC1)N=CC1(O2)N(C)CCCC1(C)C. The van der Waals surface area contributed by atoms with Crippen LogP contribution in [-0.4, -0.2) is 63.8 Å². The topological polar surface area (TPSA) is 46.5 Å². The summed E-state index contributed by atoms with van der Waals surface area (Å²) < 4.78 is 18.6. The average Bonchev–Trinajstić information content (AvgIpc) is 2.77. The fraction of sp³-hybridized carbons (Fsp3) is 0.542. The molecule has 0 bridgehead atoms. The third-order valence-electron chi connectivity index (χ3n) is 7.06. The number of aliphatic imine (C=N–C) groups is 1. The highest BCUT2D eigenvalue weighted by Crippen LogP contribution is 2.56. The van der Waals surface area contributed by atoms with Gasteiger partial charge in [-0.25, -0.2) is 0 Å². The largest absolute Gasteiger partial charge is 0.491 e. The Labute approximate surface area is 178 Å². The second kappa shape index (κ2) is 7.13. The van der Waals surface area contributed by atoms with E-state index in [0.29, 0.717) is 13.2 Å². The first-order valence-electron chi connectivity index (χ1n) is 10.9. The number of fused-ring (bicyclic) bond motifs is 3. The zero-order valence-electron chi connectivity index (χ0n) is 18.4. The Morgan fingerprint density at radius 3 is 2.50 bits per heavy atom. The maximum absolute atomic E-state index is 6.94. The molecule has 0 aromatic heterocycles. The first kappa shape index (κ1) is 19.6. The molecule has 30 heavy (non-hydrogen) atoms. The van der Waals surface area contributed by atoms with E-state index in [0.717, 1.165) is 66.1 Å². The molecule has 3 aliphatic heterocycles. The quantitative estimate of drug-likeness (QED) is 0.743. The maximum Gasteiger partial charge on any atom is 0.204 e. The van der Waals surface area contributed by atoms with Crippen LogP contribution in [0.5, 0.6) is 11.5 Å². The molecule has 5 rings (SSSR count). The highest BCUT2D eigenvalue weighted by atomic mass is 16.5. The van der Waals surface area contributed by atoms with Gasteiger partial charge in [0.15, 0.2) is 11.5 Å². The Bertz CT molecular complexity index is 997. The molecule has 6 nitrogen and oxygen atoms in total. The van der Waals surface area contributed by atoms with Gasteiger partial charge >= 0.3 is 0 Å². The molecule has 160 valence electrons. The van der Waals surface area contributed by atoms with Crippen molar-refractivity contribution in [1.82, 2.24) is 4.90 Å². The highest BCUT2D eigenvalue weighted by molar-refractivity contribution is 6.08. The normalized spacial score (nSPS) is 25.9. The van der Waals surface area contributed by atoms with Crippen molar-refractivity contribution in [3.63, 3.8) is 0 Å². The smallest absolute Gasteiger partial charge is 0.204 e. The molecule has 6 heteroatoms. The summed E-state index contributed by atoms with van der Waals surface area (Å²) >= 11 is 0. The number of morpholine rings is 1. The van der Waals surface area contributed by atoms with Crippen LogP contribution in [0.25, 0.3) is 10.8 Å². The molecular formula is C24H31N3O3. The van der Waals surface area contributed by atoms with Gasteiger partial charge in [0, 0.05) is 35.8 Å². The van der Waals surface area contributed by atoms with Crippen molar-refractivity contribution in [3.8, 4) is 11.5 Å². The van der Waals surface area contributed by atoms with Gasteiger partial charge in [0.2, 0.25) is 5.72 Å². The lowest BCUT2D eigenvalue weighted by molar-refractivity contribution is -0.123. The molecular weight excluding hydrogens is 378 g/mol. The van der Waals surface area contributed by atoms with Gasteiger partial charge in [0.25, 0.3) is 0 Å². The Balaban J connectivity index is 1.75. The zero-order chi connectivity index (χ0) is 20.9. The van der Waals surface area contributed by atoms with E-state index in [1.54, 1.807) is 7.11 Å². The molecule has 2 saturated heterocycles. The van der Waals surface area contributed by atoms with Crippen LogP contribution >= 0.6 is 0 Å². The maximum atomic E-state index is 6.94. The van der Waals surface area contributed by atoms with Gasteiger partial charge < -0.3 is 19.1 Å². The molecule has 2 aromatic rings. The summed E-state index contributed by atoms with van der Waals surface area (Å²) in [5, 5.41) is 2.24. The van der Waals surface area contributed by atoms with E-state index in [1.165, 1.54) is 0 Å². The van der Waals surface area contributed by atoms with Crippen LogP contribution in [0.1, 0.15) is 26.7 Å². The predicted molar refractivity (Wildman–Crippen MR) is 121 cm³/mol. The molecule has 3 aliphatic rings. The Hall–Kier alpha value is -2.31. The van der Waals surface area contributed by atoms with Gasteiger partial charge in [-0.1, -0.05) is 38.1 Å². The second-order valence-electron chi connectivity index (χ2n) is 9.17. The van der Waals surface area contributed by atoms with E-state index < -0.39 is 5.72 Å². The van der Waals surface area contributed by atoms with Crippen LogP contribution in [0.15, 0.2) is 29.3 Å². The van der Waals surface area contributed by atoms with E-state index in [4.69, 9.17) is 19.2 Å². The minimum Gasteiger partial charge on any atom is -0.491 e. The van der Waals surface area contributed by atoms with E-state index in [-0.39, 0.29) is 5.41 Å². The molecule has 0 N–H and O–H groups in total. The zero-order valence-corrected chi connectivity index (χ0v) is 18.4. The van der Waals surface area contributed by atoms with Crippen molar-refractivity contribution in [3.05, 3.63) is 24.3 Å². The summed E-state index contributed by atoms with van der Waals surface area (Å²) in [6, 6.07) is 8.42. The van der Waals surface area contributed by atoms with Crippen molar-refractivity contribution in [1.29, 1.82) is 0 Å². The third kappa shape index (κ3) is 2.73. The van der Waals surface area contributed by atoms with Gasteiger partial charge in [0.05, 0.1) is 32.2 Å². The van der Waals surface area contributed by atoms with Gasteiger partial charge in [-0.2, -0.15) is 0 Å². The van der Waals surface area contributed by atoms with Crippen molar-refractivity contribution < 1.29 is 14.2 Å². The number of rotatable bonds is 2. The summed E-state index contributed by atoms with van der Waals surface area (Å²) in [5.74, 6) is 1.53. The summed E-state index contributed by atoms with van der Waals surface area (Å²) in [6.07, 6.45) is 4.27. The summed E-state index contributed by atoms with van der Waals surface area (Å²) in [7, 11) is 3.87. The molecule has 1 spiro atoms. The Kier molecular flexibility index (Phi) is 4.67. The average molecular weight is 410 g/mol. The molecule has 0 aliphatic carbocycles. The van der Waals surface area contributed by atoms with Gasteiger partial charge in [0.1, 0.15) is 5.69 Å². The Morgan fingerprint density at radius 1 is 1.07 bits per heavy atom. The lowest BCUT2D eigenvalue weighted by Crippen LogP contribution is -2.65. The monoisotopic (exact) mass is 409 g/mol. The fourth-order valence-corrected chi connectivity index (χ4v) is 5.31. The van der Waals surface area contributed by atoms with Gasteiger partial charge in [-0.05, 0) is 19.9 Å². The summed E-state index contributed by atoms with van der Waals surface area (Å²) in [4.78, 5) is 9.68. The number of ether oxygens (including phenoxy) is 3. The number of methoxy groups -OCH3 is 1. The number of hydrogen-bond donors (Lipinski definition) is 0. The van der Waals surface area contributed by atoms with E-state index >= 15 is 0 Å². The number of likely N-dealkylation sites (tertiary alicyclic amines) is 1. The first-order chi connectivity index (χ1) is 14.5. The van der Waals surface area contributed by atoms with Crippen LogP contribution < -0.4 is 14.4 Å². The lowest BCUT2D eigenvalue weighted by Gasteiger charge is -2.53. The molecule has 1 unspecified atom stereocenters. The number of anilines is 1. The van der Waals surface area contributed by atoms with E-state index in [2.05, 4.69) is 55.0 Å². The summed E-state index contributed by atoms with van der Waals surface area (Å²) in [6.45, 7) is 8.63. The van der Waals surface area contributed by atoms with Crippen LogP contribution in [0, 0.1) is 5.41 Å². The van der Waals surface area contributed by atoms with Crippen LogP contribution in [0.3, 0.4) is 0 Å². The lowest BCUT2D eigenvalue weighted by atomic mass is 9.73. The molecule has 3 heterocycles. The van der Waals surface area contributed by atoms with E-state index in [9.17, 15) is 0 Å². The standard InChI is InChI=1S/C24H31N3O3/c1-23(2)10-7-11-26(3)24(23)16-25-19-17-8-5-6-9-18(17)20(22(28-4)21(19)30-24)27-12-14-29-15-13-27/h5-6,8-9,16H,7,10-15H2,1-4H3. The molecule has 1 atom stereocenters. The molecule has 0 saturated carbocycles. The van der Waals surface area contributed by atoms with Crippen LogP contribution in [0.2, 0.25) is 0 Å². The fourth-order valence-electron chi connectivity index (χ4n) is 5.31. The predicted octanol–water partition coefficient (Wildman–Crippen LogP) is 4.23. The number of piperidine rings is 1. The Morgan fingerprint density at radius 2 is 1.80 bits per heavy atom. The molecule has 0 radical (unpaired) electrons. The molecule has 2 aromatic carbocycles. The van der Waals surface area contributed by atoms with Crippen molar-refractivity contribution in [2.24, 2.45) is 10.4 Å².